The monoisotopic (exact) mass is 365 g/mol. The van der Waals surface area contributed by atoms with Crippen molar-refractivity contribution in [1.82, 2.24) is 15.5 Å². The first-order chi connectivity index (χ1) is 13.2. The van der Waals surface area contributed by atoms with Gasteiger partial charge in [0.2, 0.25) is 0 Å². The number of aryl methyl sites for hydroxylation is 1. The van der Waals surface area contributed by atoms with E-state index in [0.29, 0.717) is 29.3 Å². The Labute approximate surface area is 158 Å². The van der Waals surface area contributed by atoms with Crippen LogP contribution in [0.25, 0.3) is 11.3 Å². The zero-order valence-corrected chi connectivity index (χ0v) is 15.7. The van der Waals surface area contributed by atoms with Crippen LogP contribution in [0.15, 0.2) is 48.7 Å². The average Bonchev–Trinajstić information content (AvgIpc) is 3.22. The number of nitrogens with zero attached hydrogens (tertiary/aromatic N) is 1. The molecule has 0 bridgehead atoms. The van der Waals surface area contributed by atoms with Gasteiger partial charge in [-0.05, 0) is 24.1 Å². The fourth-order valence-electron chi connectivity index (χ4n) is 2.85. The predicted octanol–water partition coefficient (Wildman–Crippen LogP) is 3.59. The number of hydrogen-bond acceptors (Lipinski definition) is 4. The maximum absolute atomic E-state index is 12.7. The van der Waals surface area contributed by atoms with E-state index in [4.69, 9.17) is 9.47 Å². The Morgan fingerprint density at radius 2 is 1.89 bits per heavy atom. The molecule has 0 spiro atoms. The molecule has 3 aromatic rings. The SMILES string of the molecule is CCc1ccc(-c2[nH]ncc2C(=O)NCc2ccc(OC)cc2OC)cc1. The van der Waals surface area contributed by atoms with Crippen LogP contribution in [0, 0.1) is 0 Å². The van der Waals surface area contributed by atoms with Gasteiger partial charge in [0.05, 0.1) is 31.7 Å². The molecule has 1 heterocycles. The Morgan fingerprint density at radius 3 is 2.56 bits per heavy atom. The third-order valence-electron chi connectivity index (χ3n) is 4.47. The highest BCUT2D eigenvalue weighted by Crippen LogP contribution is 2.25. The topological polar surface area (TPSA) is 76.2 Å². The number of amides is 1. The number of carbonyl (C=O) groups excluding carboxylic acids is 1. The maximum Gasteiger partial charge on any atom is 0.255 e. The largest absolute Gasteiger partial charge is 0.497 e. The molecule has 1 amide bonds. The molecule has 0 fully saturated rings. The lowest BCUT2D eigenvalue weighted by Crippen LogP contribution is -2.23. The predicted molar refractivity (Wildman–Crippen MR) is 104 cm³/mol. The number of ether oxygens (including phenoxy) is 2. The summed E-state index contributed by atoms with van der Waals surface area (Å²) >= 11 is 0. The first kappa shape index (κ1) is 18.5. The van der Waals surface area contributed by atoms with Crippen LogP contribution in [0.2, 0.25) is 0 Å². The molecule has 0 saturated heterocycles. The van der Waals surface area contributed by atoms with Crippen molar-refractivity contribution in [3.63, 3.8) is 0 Å². The summed E-state index contributed by atoms with van der Waals surface area (Å²) in [6, 6.07) is 13.6. The summed E-state index contributed by atoms with van der Waals surface area (Å²) in [4.78, 5) is 12.7. The van der Waals surface area contributed by atoms with Gasteiger partial charge in [0, 0.05) is 23.7 Å². The molecule has 2 N–H and O–H groups in total. The number of aromatic nitrogens is 2. The molecule has 0 aliphatic heterocycles. The van der Waals surface area contributed by atoms with Crippen molar-refractivity contribution < 1.29 is 14.3 Å². The minimum atomic E-state index is -0.198. The third kappa shape index (κ3) is 4.11. The van der Waals surface area contributed by atoms with E-state index in [-0.39, 0.29) is 5.91 Å². The number of H-pyrrole nitrogens is 1. The molecule has 2 aromatic carbocycles. The lowest BCUT2D eigenvalue weighted by Gasteiger charge is -2.11. The smallest absolute Gasteiger partial charge is 0.255 e. The summed E-state index contributed by atoms with van der Waals surface area (Å²) in [7, 11) is 3.19. The highest BCUT2D eigenvalue weighted by molar-refractivity contribution is 5.99. The van der Waals surface area contributed by atoms with Gasteiger partial charge in [-0.2, -0.15) is 5.10 Å². The van der Waals surface area contributed by atoms with Crippen molar-refractivity contribution in [3.05, 3.63) is 65.4 Å². The molecule has 140 valence electrons. The van der Waals surface area contributed by atoms with Crippen molar-refractivity contribution in [1.29, 1.82) is 0 Å². The van der Waals surface area contributed by atoms with Gasteiger partial charge < -0.3 is 14.8 Å². The van der Waals surface area contributed by atoms with Gasteiger partial charge in [0.1, 0.15) is 11.5 Å². The van der Waals surface area contributed by atoms with Crippen molar-refractivity contribution in [2.24, 2.45) is 0 Å². The molecule has 27 heavy (non-hydrogen) atoms. The van der Waals surface area contributed by atoms with Gasteiger partial charge in [-0.1, -0.05) is 31.2 Å². The van der Waals surface area contributed by atoms with Gasteiger partial charge in [0.15, 0.2) is 0 Å². The molecule has 3 rings (SSSR count). The standard InChI is InChI=1S/C21H23N3O3/c1-4-14-5-7-15(8-6-14)20-18(13-23-24-20)21(25)22-12-16-9-10-17(26-2)11-19(16)27-3/h5-11,13H,4,12H2,1-3H3,(H,22,25)(H,23,24). The van der Waals surface area contributed by atoms with Crippen molar-refractivity contribution >= 4 is 5.91 Å². The Hall–Kier alpha value is -3.28. The normalized spacial score (nSPS) is 10.5. The molecule has 0 atom stereocenters. The van der Waals surface area contributed by atoms with Crippen LogP contribution in [0.5, 0.6) is 11.5 Å². The van der Waals surface area contributed by atoms with E-state index in [9.17, 15) is 4.79 Å². The van der Waals surface area contributed by atoms with Crippen molar-refractivity contribution in [2.75, 3.05) is 14.2 Å². The molecule has 6 nitrogen and oxygen atoms in total. The minimum Gasteiger partial charge on any atom is -0.497 e. The van der Waals surface area contributed by atoms with E-state index in [0.717, 1.165) is 17.5 Å². The average molecular weight is 365 g/mol. The van der Waals surface area contributed by atoms with Crippen LogP contribution in [0.4, 0.5) is 0 Å². The van der Waals surface area contributed by atoms with E-state index in [2.05, 4.69) is 34.6 Å². The second-order valence-electron chi connectivity index (χ2n) is 6.07. The van der Waals surface area contributed by atoms with E-state index >= 15 is 0 Å². The third-order valence-corrected chi connectivity index (χ3v) is 4.47. The van der Waals surface area contributed by atoms with Crippen LogP contribution in [0.1, 0.15) is 28.4 Å². The maximum atomic E-state index is 12.7. The number of rotatable bonds is 7. The molecular weight excluding hydrogens is 342 g/mol. The van der Waals surface area contributed by atoms with Crippen LogP contribution in [-0.2, 0) is 13.0 Å². The molecule has 0 aliphatic carbocycles. The van der Waals surface area contributed by atoms with E-state index in [1.807, 2.05) is 24.3 Å². The van der Waals surface area contributed by atoms with Crippen LogP contribution >= 0.6 is 0 Å². The zero-order chi connectivity index (χ0) is 19.2. The first-order valence-electron chi connectivity index (χ1n) is 8.78. The zero-order valence-electron chi connectivity index (χ0n) is 15.7. The van der Waals surface area contributed by atoms with Crippen molar-refractivity contribution in [3.8, 4) is 22.8 Å². The van der Waals surface area contributed by atoms with E-state index < -0.39 is 0 Å². The van der Waals surface area contributed by atoms with Crippen LogP contribution in [0.3, 0.4) is 0 Å². The number of carbonyl (C=O) groups is 1. The van der Waals surface area contributed by atoms with Gasteiger partial charge in [-0.25, -0.2) is 0 Å². The molecular formula is C21H23N3O3. The number of hydrogen-bond donors (Lipinski definition) is 2. The Bertz CT molecular complexity index is 917. The lowest BCUT2D eigenvalue weighted by molar-refractivity contribution is 0.0951. The molecule has 0 radical (unpaired) electrons. The fraction of sp³-hybridized carbons (Fsp3) is 0.238. The lowest BCUT2D eigenvalue weighted by atomic mass is 10.0. The van der Waals surface area contributed by atoms with Crippen molar-refractivity contribution in [2.45, 2.75) is 19.9 Å². The quantitative estimate of drug-likeness (QED) is 0.671. The number of benzene rings is 2. The Morgan fingerprint density at radius 1 is 1.11 bits per heavy atom. The summed E-state index contributed by atoms with van der Waals surface area (Å²) in [5.74, 6) is 1.17. The highest BCUT2D eigenvalue weighted by atomic mass is 16.5. The van der Waals surface area contributed by atoms with Gasteiger partial charge in [-0.3, -0.25) is 9.89 Å². The highest BCUT2D eigenvalue weighted by Gasteiger charge is 2.16. The molecule has 1 aromatic heterocycles. The molecule has 6 heteroatoms. The second-order valence-corrected chi connectivity index (χ2v) is 6.07. The Kier molecular flexibility index (Phi) is 5.76. The Balaban J connectivity index is 1.75. The second kappa shape index (κ2) is 8.40. The van der Waals surface area contributed by atoms with Gasteiger partial charge in [-0.15, -0.1) is 0 Å². The number of aromatic amines is 1. The number of methoxy groups -OCH3 is 2. The first-order valence-corrected chi connectivity index (χ1v) is 8.78. The van der Waals surface area contributed by atoms with E-state index in [1.54, 1.807) is 26.5 Å². The molecule has 0 unspecified atom stereocenters. The van der Waals surface area contributed by atoms with Gasteiger partial charge in [0.25, 0.3) is 5.91 Å². The summed E-state index contributed by atoms with van der Waals surface area (Å²) in [6.45, 7) is 2.45. The summed E-state index contributed by atoms with van der Waals surface area (Å²) in [6.07, 6.45) is 2.52. The van der Waals surface area contributed by atoms with E-state index in [1.165, 1.54) is 5.56 Å². The van der Waals surface area contributed by atoms with Crippen LogP contribution in [-0.4, -0.2) is 30.3 Å². The van der Waals surface area contributed by atoms with Gasteiger partial charge >= 0.3 is 0 Å². The van der Waals surface area contributed by atoms with Crippen LogP contribution < -0.4 is 14.8 Å². The summed E-state index contributed by atoms with van der Waals surface area (Å²) < 4.78 is 10.6. The summed E-state index contributed by atoms with van der Waals surface area (Å²) in [5, 5.41) is 9.90. The molecule has 0 saturated carbocycles. The molecule has 0 aliphatic rings. The minimum absolute atomic E-state index is 0.198. The number of nitrogens with one attached hydrogen (secondary N) is 2. The summed E-state index contributed by atoms with van der Waals surface area (Å²) in [5.41, 5.74) is 4.25. The fourth-order valence-corrected chi connectivity index (χ4v) is 2.85.